The zero-order valence-electron chi connectivity index (χ0n) is 7.60. The Morgan fingerprint density at radius 3 is 3.00 bits per heavy atom. The van der Waals surface area contributed by atoms with Gasteiger partial charge in [-0.15, -0.1) is 0 Å². The molecule has 14 heavy (non-hydrogen) atoms. The van der Waals surface area contributed by atoms with Gasteiger partial charge >= 0.3 is 5.97 Å². The van der Waals surface area contributed by atoms with Gasteiger partial charge in [-0.1, -0.05) is 18.2 Å². The largest absolute Gasteiger partial charge is 0.458 e. The van der Waals surface area contributed by atoms with Crippen LogP contribution in [0.15, 0.2) is 24.3 Å². The molecule has 0 aliphatic carbocycles. The van der Waals surface area contributed by atoms with Gasteiger partial charge in [-0.25, -0.2) is 4.79 Å². The van der Waals surface area contributed by atoms with Crippen LogP contribution in [0.3, 0.4) is 0 Å². The van der Waals surface area contributed by atoms with Gasteiger partial charge in [0.05, 0.1) is 5.56 Å². The van der Waals surface area contributed by atoms with Crippen molar-refractivity contribution in [1.29, 1.82) is 0 Å². The normalized spacial score (nSPS) is 19.7. The highest BCUT2D eigenvalue weighted by molar-refractivity contribution is 5.92. The molecule has 1 unspecified atom stereocenters. The maximum absolute atomic E-state index is 11.4. The minimum absolute atomic E-state index is 0.278. The van der Waals surface area contributed by atoms with Crippen molar-refractivity contribution in [3.8, 4) is 0 Å². The fourth-order valence-corrected chi connectivity index (χ4v) is 1.64. The third-order valence-electron chi connectivity index (χ3n) is 2.32. The molecule has 0 aromatic heterocycles. The average molecular weight is 190 g/mol. The summed E-state index contributed by atoms with van der Waals surface area (Å²) in [5.41, 5.74) is 1.59. The molecule has 1 heterocycles. The number of rotatable bonds is 2. The first-order chi connectivity index (χ1) is 6.81. The third-order valence-corrected chi connectivity index (χ3v) is 2.32. The number of hydrogen-bond acceptors (Lipinski definition) is 3. The Hall–Kier alpha value is -1.64. The van der Waals surface area contributed by atoms with E-state index in [4.69, 9.17) is 4.74 Å². The van der Waals surface area contributed by atoms with Crippen LogP contribution in [0.4, 0.5) is 0 Å². The molecular weight excluding hydrogens is 180 g/mol. The molecule has 72 valence electrons. The van der Waals surface area contributed by atoms with Gasteiger partial charge in [-0.3, -0.25) is 0 Å². The second kappa shape index (κ2) is 3.62. The van der Waals surface area contributed by atoms with Gasteiger partial charge < -0.3 is 9.53 Å². The molecule has 0 bridgehead atoms. The van der Waals surface area contributed by atoms with Crippen molar-refractivity contribution in [1.82, 2.24) is 0 Å². The van der Waals surface area contributed by atoms with Crippen LogP contribution in [0.1, 0.15) is 22.3 Å². The highest BCUT2D eigenvalue weighted by atomic mass is 16.5. The first-order valence-electron chi connectivity index (χ1n) is 4.54. The Bertz CT molecular complexity index is 371. The van der Waals surface area contributed by atoms with Gasteiger partial charge in [0.2, 0.25) is 0 Å². The average Bonchev–Trinajstić information content (AvgIpc) is 2.18. The van der Waals surface area contributed by atoms with E-state index in [9.17, 15) is 9.59 Å². The topological polar surface area (TPSA) is 43.4 Å². The lowest BCUT2D eigenvalue weighted by atomic mass is 9.97. The molecule has 2 rings (SSSR count). The van der Waals surface area contributed by atoms with Crippen LogP contribution in [0.5, 0.6) is 0 Å². The summed E-state index contributed by atoms with van der Waals surface area (Å²) in [6.07, 6.45) is 1.42. The van der Waals surface area contributed by atoms with E-state index in [1.54, 1.807) is 12.1 Å². The summed E-state index contributed by atoms with van der Waals surface area (Å²) in [4.78, 5) is 21.7. The summed E-state index contributed by atoms with van der Waals surface area (Å²) in [5, 5.41) is 0. The molecule has 1 aromatic carbocycles. The fourth-order valence-electron chi connectivity index (χ4n) is 1.64. The smallest absolute Gasteiger partial charge is 0.338 e. The summed E-state index contributed by atoms with van der Waals surface area (Å²) in [5.74, 6) is -0.321. The molecule has 1 aliphatic heterocycles. The van der Waals surface area contributed by atoms with E-state index in [0.29, 0.717) is 12.0 Å². The van der Waals surface area contributed by atoms with Crippen LogP contribution in [0, 0.1) is 0 Å². The molecule has 0 amide bonds. The van der Waals surface area contributed by atoms with Gasteiger partial charge in [0, 0.05) is 12.8 Å². The maximum Gasteiger partial charge on any atom is 0.338 e. The number of esters is 1. The van der Waals surface area contributed by atoms with Crippen LogP contribution < -0.4 is 0 Å². The molecule has 1 atom stereocenters. The Labute approximate surface area is 81.7 Å². The quantitative estimate of drug-likeness (QED) is 0.522. The van der Waals surface area contributed by atoms with E-state index in [-0.39, 0.29) is 18.5 Å². The zero-order valence-corrected chi connectivity index (χ0v) is 7.60. The van der Waals surface area contributed by atoms with E-state index in [1.807, 2.05) is 12.1 Å². The molecule has 0 radical (unpaired) electrons. The molecule has 0 spiro atoms. The Balaban J connectivity index is 2.28. The number of hydrogen-bond donors (Lipinski definition) is 0. The Morgan fingerprint density at radius 2 is 2.21 bits per heavy atom. The molecule has 3 nitrogen and oxygen atoms in total. The lowest BCUT2D eigenvalue weighted by Crippen LogP contribution is -2.27. The van der Waals surface area contributed by atoms with Crippen LogP contribution in [0.25, 0.3) is 0 Å². The molecular formula is C11H10O3. The van der Waals surface area contributed by atoms with Crippen molar-refractivity contribution < 1.29 is 14.3 Å². The van der Waals surface area contributed by atoms with Crippen molar-refractivity contribution >= 4 is 12.3 Å². The van der Waals surface area contributed by atoms with Crippen molar-refractivity contribution in [3.63, 3.8) is 0 Å². The fraction of sp³-hybridized carbons (Fsp3) is 0.273. The molecule has 0 fully saturated rings. The van der Waals surface area contributed by atoms with Gasteiger partial charge in [0.1, 0.15) is 12.4 Å². The standard InChI is InChI=1S/C11H10O3/c12-6-5-9-7-8-3-1-2-4-10(8)11(13)14-9/h1-4,6,9H,5,7H2. The van der Waals surface area contributed by atoms with Crippen molar-refractivity contribution in [2.24, 2.45) is 0 Å². The van der Waals surface area contributed by atoms with Crippen LogP contribution in [-0.2, 0) is 16.0 Å². The Kier molecular flexibility index (Phi) is 2.31. The second-order valence-electron chi connectivity index (χ2n) is 3.29. The first-order valence-corrected chi connectivity index (χ1v) is 4.54. The predicted octanol–water partition coefficient (Wildman–Crippen LogP) is 1.36. The third kappa shape index (κ3) is 1.53. The number of aldehydes is 1. The number of benzene rings is 1. The lowest BCUT2D eigenvalue weighted by Gasteiger charge is -2.22. The molecule has 3 heteroatoms. The minimum atomic E-state index is -0.321. The van der Waals surface area contributed by atoms with Gasteiger partial charge in [0.25, 0.3) is 0 Å². The van der Waals surface area contributed by atoms with Crippen molar-refractivity contribution in [3.05, 3.63) is 35.4 Å². The van der Waals surface area contributed by atoms with E-state index in [1.165, 1.54) is 0 Å². The molecule has 0 saturated heterocycles. The Morgan fingerprint density at radius 1 is 1.43 bits per heavy atom. The summed E-state index contributed by atoms with van der Waals surface area (Å²) in [6.45, 7) is 0. The number of carbonyl (C=O) groups excluding carboxylic acids is 2. The molecule has 0 N–H and O–H groups in total. The summed E-state index contributed by atoms with van der Waals surface area (Å²) >= 11 is 0. The van der Waals surface area contributed by atoms with E-state index in [0.717, 1.165) is 11.8 Å². The van der Waals surface area contributed by atoms with E-state index >= 15 is 0 Å². The molecule has 0 saturated carbocycles. The summed E-state index contributed by atoms with van der Waals surface area (Å²) < 4.78 is 5.08. The number of ether oxygens (including phenoxy) is 1. The first kappa shape index (κ1) is 8.94. The summed E-state index contributed by atoms with van der Waals surface area (Å²) in [7, 11) is 0. The highest BCUT2D eigenvalue weighted by Gasteiger charge is 2.25. The van der Waals surface area contributed by atoms with Crippen LogP contribution >= 0.6 is 0 Å². The maximum atomic E-state index is 11.4. The van der Waals surface area contributed by atoms with Gasteiger partial charge in [-0.2, -0.15) is 0 Å². The van der Waals surface area contributed by atoms with Crippen molar-refractivity contribution in [2.45, 2.75) is 18.9 Å². The number of cyclic esters (lactones) is 1. The molecule has 1 aromatic rings. The molecule has 1 aliphatic rings. The van der Waals surface area contributed by atoms with Gasteiger partial charge in [-0.05, 0) is 11.6 Å². The lowest BCUT2D eigenvalue weighted by molar-refractivity contribution is -0.109. The second-order valence-corrected chi connectivity index (χ2v) is 3.29. The summed E-state index contributed by atoms with van der Waals surface area (Å²) in [6, 6.07) is 7.33. The minimum Gasteiger partial charge on any atom is -0.458 e. The van der Waals surface area contributed by atoms with E-state index in [2.05, 4.69) is 0 Å². The highest BCUT2D eigenvalue weighted by Crippen LogP contribution is 2.21. The number of carbonyl (C=O) groups is 2. The van der Waals surface area contributed by atoms with Crippen molar-refractivity contribution in [2.75, 3.05) is 0 Å². The van der Waals surface area contributed by atoms with Gasteiger partial charge in [0.15, 0.2) is 0 Å². The monoisotopic (exact) mass is 190 g/mol. The van der Waals surface area contributed by atoms with Crippen LogP contribution in [-0.4, -0.2) is 18.4 Å². The zero-order chi connectivity index (χ0) is 9.97. The predicted molar refractivity (Wildman–Crippen MR) is 50.0 cm³/mol. The SMILES string of the molecule is O=CCC1Cc2ccccc2C(=O)O1. The van der Waals surface area contributed by atoms with E-state index < -0.39 is 0 Å². The number of fused-ring (bicyclic) bond motifs is 1. The van der Waals surface area contributed by atoms with Crippen LogP contribution in [0.2, 0.25) is 0 Å².